The molecule has 3 rings (SSSR count). The number of aromatic nitrogens is 4. The van der Waals surface area contributed by atoms with Crippen LogP contribution in [0, 0.1) is 6.92 Å². The minimum absolute atomic E-state index is 0.340. The number of hydrogen-bond donors (Lipinski definition) is 0. The van der Waals surface area contributed by atoms with Crippen LogP contribution in [0.3, 0.4) is 0 Å². The maximum Gasteiger partial charge on any atom is 0.303 e. The molecule has 0 unspecified atom stereocenters. The molecule has 0 N–H and O–H groups in total. The van der Waals surface area contributed by atoms with Crippen LogP contribution in [0.25, 0.3) is 0 Å². The summed E-state index contributed by atoms with van der Waals surface area (Å²) in [6.45, 7) is 8.39. The predicted molar refractivity (Wildman–Crippen MR) is 93.4 cm³/mol. The lowest BCUT2D eigenvalue weighted by Gasteiger charge is -2.35. The van der Waals surface area contributed by atoms with Crippen LogP contribution in [0.5, 0.6) is 0 Å². The highest BCUT2D eigenvalue weighted by molar-refractivity contribution is 5.66. The van der Waals surface area contributed by atoms with Crippen LogP contribution in [0.2, 0.25) is 0 Å². The van der Waals surface area contributed by atoms with Gasteiger partial charge in [0.1, 0.15) is 5.82 Å². The van der Waals surface area contributed by atoms with Gasteiger partial charge in [-0.15, -0.1) is 0 Å². The number of anilines is 2. The molecule has 2 aromatic rings. The molecule has 0 amide bonds. The SMILES string of the molecule is CC(=O)O[C@H](C)c1nccc(N2CCN(c3nccc(C)n3)CC2)n1. The number of nitrogens with zero attached hydrogens (tertiary/aromatic N) is 6. The monoisotopic (exact) mass is 342 g/mol. The summed E-state index contributed by atoms with van der Waals surface area (Å²) in [5.74, 6) is 1.78. The molecule has 1 aliphatic heterocycles. The van der Waals surface area contributed by atoms with Crippen LogP contribution in [-0.4, -0.2) is 52.1 Å². The summed E-state index contributed by atoms with van der Waals surface area (Å²) in [4.78, 5) is 33.1. The number of aryl methyl sites for hydroxylation is 1. The van der Waals surface area contributed by atoms with E-state index in [1.165, 1.54) is 6.92 Å². The molecule has 2 aromatic heterocycles. The first-order chi connectivity index (χ1) is 12.0. The van der Waals surface area contributed by atoms with Gasteiger partial charge in [-0.1, -0.05) is 0 Å². The van der Waals surface area contributed by atoms with Crippen LogP contribution >= 0.6 is 0 Å². The lowest BCUT2D eigenvalue weighted by atomic mass is 10.3. The molecule has 8 nitrogen and oxygen atoms in total. The smallest absolute Gasteiger partial charge is 0.303 e. The van der Waals surface area contributed by atoms with Gasteiger partial charge in [-0.2, -0.15) is 0 Å². The van der Waals surface area contributed by atoms with E-state index in [0.717, 1.165) is 43.6 Å². The highest BCUT2D eigenvalue weighted by Gasteiger charge is 2.21. The third-order valence-electron chi connectivity index (χ3n) is 4.03. The number of carbonyl (C=O) groups is 1. The van der Waals surface area contributed by atoms with E-state index in [-0.39, 0.29) is 5.97 Å². The molecule has 0 saturated carbocycles. The predicted octanol–water partition coefficient (Wildman–Crippen LogP) is 1.53. The van der Waals surface area contributed by atoms with Crippen molar-refractivity contribution in [1.82, 2.24) is 19.9 Å². The van der Waals surface area contributed by atoms with Gasteiger partial charge in [0.2, 0.25) is 5.95 Å². The van der Waals surface area contributed by atoms with Crippen LogP contribution in [-0.2, 0) is 9.53 Å². The fraction of sp³-hybridized carbons (Fsp3) is 0.471. The van der Waals surface area contributed by atoms with Crippen molar-refractivity contribution in [2.75, 3.05) is 36.0 Å². The summed E-state index contributed by atoms with van der Waals surface area (Å²) in [5, 5.41) is 0. The summed E-state index contributed by atoms with van der Waals surface area (Å²) in [5.41, 5.74) is 0.965. The summed E-state index contributed by atoms with van der Waals surface area (Å²) in [7, 11) is 0. The number of esters is 1. The molecular formula is C17H22N6O2. The van der Waals surface area contributed by atoms with Gasteiger partial charge in [0, 0.05) is 51.2 Å². The van der Waals surface area contributed by atoms with Crippen molar-refractivity contribution in [3.8, 4) is 0 Å². The third-order valence-corrected chi connectivity index (χ3v) is 4.03. The normalized spacial score (nSPS) is 15.8. The molecule has 25 heavy (non-hydrogen) atoms. The Morgan fingerprint density at radius 3 is 2.44 bits per heavy atom. The second-order valence-electron chi connectivity index (χ2n) is 6.00. The van der Waals surface area contributed by atoms with E-state index >= 15 is 0 Å². The van der Waals surface area contributed by atoms with Crippen molar-refractivity contribution in [3.05, 3.63) is 36.0 Å². The van der Waals surface area contributed by atoms with Crippen molar-refractivity contribution in [3.63, 3.8) is 0 Å². The molecule has 0 spiro atoms. The molecule has 1 saturated heterocycles. The molecule has 0 aromatic carbocycles. The van der Waals surface area contributed by atoms with Gasteiger partial charge in [0.25, 0.3) is 0 Å². The van der Waals surface area contributed by atoms with E-state index in [0.29, 0.717) is 5.82 Å². The van der Waals surface area contributed by atoms with Gasteiger partial charge in [0.15, 0.2) is 11.9 Å². The van der Waals surface area contributed by atoms with Gasteiger partial charge in [-0.3, -0.25) is 4.79 Å². The maximum atomic E-state index is 11.1. The number of hydrogen-bond acceptors (Lipinski definition) is 8. The quantitative estimate of drug-likeness (QED) is 0.774. The first-order valence-corrected chi connectivity index (χ1v) is 8.32. The molecule has 0 radical (unpaired) electrons. The van der Waals surface area contributed by atoms with Gasteiger partial charge < -0.3 is 14.5 Å². The highest BCUT2D eigenvalue weighted by atomic mass is 16.5. The average Bonchev–Trinajstić information content (AvgIpc) is 2.61. The van der Waals surface area contributed by atoms with Crippen molar-refractivity contribution >= 4 is 17.7 Å². The van der Waals surface area contributed by atoms with Gasteiger partial charge in [-0.25, -0.2) is 19.9 Å². The summed E-state index contributed by atoms with van der Waals surface area (Å²) < 4.78 is 5.16. The zero-order valence-corrected chi connectivity index (χ0v) is 14.7. The van der Waals surface area contributed by atoms with Crippen molar-refractivity contribution in [2.45, 2.75) is 26.9 Å². The molecule has 0 aliphatic carbocycles. The highest BCUT2D eigenvalue weighted by Crippen LogP contribution is 2.19. The molecule has 8 heteroatoms. The van der Waals surface area contributed by atoms with E-state index < -0.39 is 6.10 Å². The second kappa shape index (κ2) is 7.42. The Hall–Kier alpha value is -2.77. The number of ether oxygens (including phenoxy) is 1. The Bertz CT molecular complexity index is 745. The zero-order chi connectivity index (χ0) is 17.8. The van der Waals surface area contributed by atoms with Crippen molar-refractivity contribution < 1.29 is 9.53 Å². The van der Waals surface area contributed by atoms with E-state index in [9.17, 15) is 4.79 Å². The molecular weight excluding hydrogens is 320 g/mol. The lowest BCUT2D eigenvalue weighted by Crippen LogP contribution is -2.47. The Labute approximate surface area is 146 Å². The van der Waals surface area contributed by atoms with Gasteiger partial charge >= 0.3 is 5.97 Å². The van der Waals surface area contributed by atoms with Crippen molar-refractivity contribution in [1.29, 1.82) is 0 Å². The molecule has 132 valence electrons. The first-order valence-electron chi connectivity index (χ1n) is 8.32. The largest absolute Gasteiger partial charge is 0.455 e. The molecule has 1 aliphatic rings. The van der Waals surface area contributed by atoms with Crippen molar-refractivity contribution in [2.24, 2.45) is 0 Å². The Morgan fingerprint density at radius 1 is 1.08 bits per heavy atom. The Kier molecular flexibility index (Phi) is 5.06. The fourth-order valence-corrected chi connectivity index (χ4v) is 2.76. The summed E-state index contributed by atoms with van der Waals surface area (Å²) >= 11 is 0. The molecule has 1 fully saturated rings. The standard InChI is InChI=1S/C17H22N6O2/c1-12-4-6-19-17(20-12)23-10-8-22(9-11-23)15-5-7-18-16(21-15)13(2)25-14(3)24/h4-7,13H,8-11H2,1-3H3/t13-/m1/s1. The van der Waals surface area contributed by atoms with Crippen LogP contribution < -0.4 is 9.80 Å². The van der Waals surface area contributed by atoms with Gasteiger partial charge in [-0.05, 0) is 26.0 Å². The zero-order valence-electron chi connectivity index (χ0n) is 14.7. The summed E-state index contributed by atoms with van der Waals surface area (Å²) in [6, 6.07) is 3.77. The topological polar surface area (TPSA) is 84.3 Å². The second-order valence-corrected chi connectivity index (χ2v) is 6.00. The Morgan fingerprint density at radius 2 is 1.76 bits per heavy atom. The minimum Gasteiger partial charge on any atom is -0.455 e. The average molecular weight is 342 g/mol. The lowest BCUT2D eigenvalue weighted by molar-refractivity contribution is -0.146. The molecule has 3 heterocycles. The van der Waals surface area contributed by atoms with E-state index in [1.54, 1.807) is 19.3 Å². The number of piperazine rings is 1. The fourth-order valence-electron chi connectivity index (χ4n) is 2.76. The van der Waals surface area contributed by atoms with Gasteiger partial charge in [0.05, 0.1) is 0 Å². The molecule has 0 bridgehead atoms. The van der Waals surface area contributed by atoms with E-state index in [4.69, 9.17) is 4.74 Å². The number of rotatable bonds is 4. The number of carbonyl (C=O) groups excluding carboxylic acids is 1. The maximum absolute atomic E-state index is 11.1. The third kappa shape index (κ3) is 4.20. The molecule has 1 atom stereocenters. The summed E-state index contributed by atoms with van der Waals surface area (Å²) in [6.07, 6.45) is 3.03. The van der Waals surface area contributed by atoms with Crippen LogP contribution in [0.4, 0.5) is 11.8 Å². The first kappa shape index (κ1) is 17.1. The van der Waals surface area contributed by atoms with E-state index in [1.807, 2.05) is 19.1 Å². The van der Waals surface area contributed by atoms with Crippen LogP contribution in [0.1, 0.15) is 31.5 Å². The van der Waals surface area contributed by atoms with Crippen LogP contribution in [0.15, 0.2) is 24.5 Å². The Balaban J connectivity index is 1.66. The van der Waals surface area contributed by atoms with E-state index in [2.05, 4.69) is 29.7 Å². The minimum atomic E-state index is -0.459.